The Balaban J connectivity index is 0. The highest BCUT2D eigenvalue weighted by Gasteiger charge is 2.34. The van der Waals surface area contributed by atoms with Crippen molar-refractivity contribution >= 4 is 60.3 Å². The number of aliphatic hydroxyl groups is 1. The molecular formula is C38H74Cl2N8O7. The van der Waals surface area contributed by atoms with Crippen LogP contribution in [0.5, 0.6) is 0 Å². The highest BCUT2D eigenvalue weighted by molar-refractivity contribution is 5.96. The normalized spacial score (nSPS) is 21.8. The minimum atomic E-state index is -1.45. The lowest BCUT2D eigenvalue weighted by molar-refractivity contribution is -0.137. The van der Waals surface area contributed by atoms with Gasteiger partial charge in [-0.1, -0.05) is 53.9 Å². The minimum Gasteiger partial charge on any atom is -0.391 e. The smallest absolute Gasteiger partial charge is 0.245 e. The lowest BCUT2D eigenvalue weighted by atomic mass is 9.96. The molecule has 1 heterocycles. The van der Waals surface area contributed by atoms with E-state index in [2.05, 4.69) is 45.7 Å². The summed E-state index contributed by atoms with van der Waals surface area (Å²) in [7, 11) is 0. The molecule has 15 nitrogen and oxygen atoms in total. The Morgan fingerprint density at radius 3 is 1.98 bits per heavy atom. The second kappa shape index (κ2) is 30.4. The summed E-state index contributed by atoms with van der Waals surface area (Å²) in [6.45, 7) is 12.6. The topological polar surface area (TPSA) is 247 Å². The van der Waals surface area contributed by atoms with Crippen LogP contribution < -0.4 is 43.4 Å². The van der Waals surface area contributed by atoms with Crippen molar-refractivity contribution in [2.24, 2.45) is 29.2 Å². The van der Waals surface area contributed by atoms with Gasteiger partial charge in [-0.15, -0.1) is 24.8 Å². The van der Waals surface area contributed by atoms with E-state index in [4.69, 9.17) is 11.5 Å². The van der Waals surface area contributed by atoms with E-state index < -0.39 is 59.9 Å². The van der Waals surface area contributed by atoms with Crippen molar-refractivity contribution in [1.29, 1.82) is 0 Å². The monoisotopic (exact) mass is 825 g/mol. The number of unbranched alkanes of at least 4 members (excludes halogenated alkanes) is 2. The van der Waals surface area contributed by atoms with Crippen LogP contribution in [0.3, 0.4) is 0 Å². The van der Waals surface area contributed by atoms with E-state index in [0.717, 1.165) is 19.3 Å². The van der Waals surface area contributed by atoms with E-state index in [9.17, 15) is 33.9 Å². The van der Waals surface area contributed by atoms with Gasteiger partial charge in [0, 0.05) is 13.0 Å². The lowest BCUT2D eigenvalue weighted by Crippen LogP contribution is -2.61. The van der Waals surface area contributed by atoms with Crippen molar-refractivity contribution in [2.45, 2.75) is 168 Å². The number of halogens is 2. The number of amides is 6. The summed E-state index contributed by atoms with van der Waals surface area (Å²) in [5, 5.41) is 27.2. The quantitative estimate of drug-likeness (QED) is 0.0815. The summed E-state index contributed by atoms with van der Waals surface area (Å²) >= 11 is 0. The molecule has 0 aliphatic carbocycles. The molecule has 11 N–H and O–H groups in total. The third-order valence-corrected chi connectivity index (χ3v) is 9.45. The maximum atomic E-state index is 13.8. The van der Waals surface area contributed by atoms with Gasteiger partial charge in [0.15, 0.2) is 0 Å². The van der Waals surface area contributed by atoms with Gasteiger partial charge in [0.05, 0.1) is 6.10 Å². The first kappa shape index (κ1) is 54.4. The SMILES string of the molecule is CC(C)CCCC(C)CC(=O)N[C@@H](CCCCN)C(=O)N[C@H]1CCCCNC(=O)[C@@H](CC(C)C)NC(=O)[C@H](CCCCN)NC(=O)[C@H](C(C)O)NC1=O.Cl.Cl. The van der Waals surface area contributed by atoms with E-state index in [-0.39, 0.29) is 74.3 Å². The summed E-state index contributed by atoms with van der Waals surface area (Å²) < 4.78 is 0. The highest BCUT2D eigenvalue weighted by atomic mass is 35.5. The van der Waals surface area contributed by atoms with E-state index in [0.29, 0.717) is 70.4 Å². The Kier molecular flexibility index (Phi) is 30.1. The first-order valence-corrected chi connectivity index (χ1v) is 20.0. The Morgan fingerprint density at radius 2 is 1.38 bits per heavy atom. The van der Waals surface area contributed by atoms with E-state index >= 15 is 0 Å². The minimum absolute atomic E-state index is 0. The second-order valence-corrected chi connectivity index (χ2v) is 15.6. The summed E-state index contributed by atoms with van der Waals surface area (Å²) in [6.07, 6.45) is 6.18. The van der Waals surface area contributed by atoms with Gasteiger partial charge >= 0.3 is 0 Å². The van der Waals surface area contributed by atoms with Crippen LogP contribution >= 0.6 is 24.8 Å². The van der Waals surface area contributed by atoms with Crippen LogP contribution in [0.2, 0.25) is 0 Å². The number of carbonyl (C=O) groups excluding carboxylic acids is 6. The molecule has 7 atom stereocenters. The molecule has 6 amide bonds. The van der Waals surface area contributed by atoms with Crippen LogP contribution in [0.1, 0.15) is 131 Å². The summed E-state index contributed by atoms with van der Waals surface area (Å²) in [6, 6.07) is -5.38. The number of nitrogens with one attached hydrogen (secondary N) is 6. The second-order valence-electron chi connectivity index (χ2n) is 15.6. The molecule has 1 saturated heterocycles. The molecule has 1 fully saturated rings. The highest BCUT2D eigenvalue weighted by Crippen LogP contribution is 2.16. The zero-order valence-electron chi connectivity index (χ0n) is 34.1. The molecule has 0 aromatic heterocycles. The molecule has 55 heavy (non-hydrogen) atoms. The van der Waals surface area contributed by atoms with Gasteiger partial charge in [-0.05, 0) is 102 Å². The molecule has 2 unspecified atom stereocenters. The van der Waals surface area contributed by atoms with Crippen LogP contribution in [-0.2, 0) is 28.8 Å². The van der Waals surface area contributed by atoms with Gasteiger partial charge in [0.2, 0.25) is 35.4 Å². The van der Waals surface area contributed by atoms with E-state index in [1.54, 1.807) is 0 Å². The van der Waals surface area contributed by atoms with Crippen LogP contribution in [-0.4, -0.2) is 96.5 Å². The van der Waals surface area contributed by atoms with E-state index in [1.807, 2.05) is 20.8 Å². The van der Waals surface area contributed by atoms with Crippen LogP contribution in [0.25, 0.3) is 0 Å². The van der Waals surface area contributed by atoms with Gasteiger partial charge in [0.1, 0.15) is 30.2 Å². The van der Waals surface area contributed by atoms with Gasteiger partial charge in [-0.25, -0.2) is 0 Å². The Labute approximate surface area is 341 Å². The predicted octanol–water partition coefficient (Wildman–Crippen LogP) is 2.09. The molecule has 1 aliphatic rings. The summed E-state index contributed by atoms with van der Waals surface area (Å²) in [5.41, 5.74) is 11.4. The molecule has 0 aromatic carbocycles. The fraction of sp³-hybridized carbons (Fsp3) is 0.842. The zero-order chi connectivity index (χ0) is 39.9. The molecule has 1 rings (SSSR count). The van der Waals surface area contributed by atoms with Crippen molar-refractivity contribution in [2.75, 3.05) is 19.6 Å². The average Bonchev–Trinajstić information content (AvgIpc) is 3.07. The molecule has 322 valence electrons. The van der Waals surface area contributed by atoms with E-state index in [1.165, 1.54) is 6.92 Å². The van der Waals surface area contributed by atoms with Gasteiger partial charge < -0.3 is 48.5 Å². The predicted molar refractivity (Wildman–Crippen MR) is 220 cm³/mol. The molecule has 0 radical (unpaired) electrons. The lowest BCUT2D eigenvalue weighted by Gasteiger charge is -2.29. The van der Waals surface area contributed by atoms with Crippen molar-refractivity contribution < 1.29 is 33.9 Å². The molecule has 0 saturated carbocycles. The molecule has 1 aliphatic heterocycles. The third kappa shape index (κ3) is 23.2. The van der Waals surface area contributed by atoms with Crippen molar-refractivity contribution in [1.82, 2.24) is 31.9 Å². The van der Waals surface area contributed by atoms with Gasteiger partial charge in [-0.2, -0.15) is 0 Å². The maximum absolute atomic E-state index is 13.8. The molecule has 0 spiro atoms. The van der Waals surface area contributed by atoms with Crippen LogP contribution in [0, 0.1) is 17.8 Å². The fourth-order valence-electron chi connectivity index (χ4n) is 6.31. The van der Waals surface area contributed by atoms with Gasteiger partial charge in [0.25, 0.3) is 0 Å². The number of nitrogens with two attached hydrogens (primary N) is 2. The number of carbonyl (C=O) groups is 6. The maximum Gasteiger partial charge on any atom is 0.245 e. The average molecular weight is 826 g/mol. The Morgan fingerprint density at radius 1 is 0.745 bits per heavy atom. The molecule has 17 heteroatoms. The number of hydrogen-bond donors (Lipinski definition) is 9. The van der Waals surface area contributed by atoms with Crippen LogP contribution in [0.15, 0.2) is 0 Å². The Hall–Kier alpha value is -2.72. The fourth-order valence-corrected chi connectivity index (χ4v) is 6.31. The number of rotatable bonds is 20. The number of hydrogen-bond acceptors (Lipinski definition) is 9. The first-order valence-electron chi connectivity index (χ1n) is 20.0. The van der Waals surface area contributed by atoms with Crippen molar-refractivity contribution in [3.63, 3.8) is 0 Å². The molecule has 0 aromatic rings. The first-order chi connectivity index (χ1) is 25.1. The number of aliphatic hydroxyl groups excluding tert-OH is 1. The molecule has 0 bridgehead atoms. The Bertz CT molecular complexity index is 1150. The van der Waals surface area contributed by atoms with Crippen molar-refractivity contribution in [3.05, 3.63) is 0 Å². The standard InChI is InChI=1S/C38H72N8O7.2ClH/c1-24(2)14-13-15-26(5)23-32(48)42-28(16-7-10-19-39)35(50)43-30-18-9-12-21-41-34(49)31(22-25(3)4)45-36(51)29(17-8-11-20-40)44-38(53)33(27(6)47)46-37(30)52;;/h24-31,33,47H,7-23,39-40H2,1-6H3,(H,41,49)(H,42,48)(H,43,50)(H,44,53)(H,45,51)(H,46,52);2*1H/t26?,27?,28-,29-,30-,31+,33-;;/m0../s1. The van der Waals surface area contributed by atoms with Crippen molar-refractivity contribution in [3.8, 4) is 0 Å². The molecular weight excluding hydrogens is 751 g/mol. The third-order valence-electron chi connectivity index (χ3n) is 9.45. The summed E-state index contributed by atoms with van der Waals surface area (Å²) in [5.74, 6) is -2.41. The largest absolute Gasteiger partial charge is 0.391 e. The summed E-state index contributed by atoms with van der Waals surface area (Å²) in [4.78, 5) is 80.9. The van der Waals surface area contributed by atoms with Crippen LogP contribution in [0.4, 0.5) is 0 Å². The van der Waals surface area contributed by atoms with Gasteiger partial charge in [-0.3, -0.25) is 28.8 Å². The zero-order valence-corrected chi connectivity index (χ0v) is 35.7.